The molecule has 19 heavy (non-hydrogen) atoms. The van der Waals surface area contributed by atoms with Crippen LogP contribution in [0.3, 0.4) is 0 Å². The van der Waals surface area contributed by atoms with Gasteiger partial charge in [-0.1, -0.05) is 22.0 Å². The number of anilines is 1. The van der Waals surface area contributed by atoms with Gasteiger partial charge in [-0.25, -0.2) is 4.79 Å². The van der Waals surface area contributed by atoms with Crippen LogP contribution in [-0.2, 0) is 4.74 Å². The highest BCUT2D eigenvalue weighted by atomic mass is 79.9. The van der Waals surface area contributed by atoms with Gasteiger partial charge < -0.3 is 20.1 Å². The van der Waals surface area contributed by atoms with Gasteiger partial charge in [0, 0.05) is 30.4 Å². The number of amides is 2. The van der Waals surface area contributed by atoms with Gasteiger partial charge in [0.15, 0.2) is 0 Å². The fourth-order valence-electron chi connectivity index (χ4n) is 1.57. The minimum atomic E-state index is -0.243. The van der Waals surface area contributed by atoms with E-state index in [2.05, 4.69) is 21.2 Å². The number of urea groups is 1. The Kier molecular flexibility index (Phi) is 6.83. The summed E-state index contributed by atoms with van der Waals surface area (Å²) in [4.78, 5) is 13.6. The summed E-state index contributed by atoms with van der Waals surface area (Å²) < 4.78 is 5.89. The van der Waals surface area contributed by atoms with Crippen molar-refractivity contribution in [3.63, 3.8) is 0 Å². The Morgan fingerprint density at radius 3 is 2.84 bits per heavy atom. The van der Waals surface area contributed by atoms with Crippen LogP contribution in [0.15, 0.2) is 22.7 Å². The van der Waals surface area contributed by atoms with Crippen LogP contribution in [0, 0.1) is 6.92 Å². The number of benzene rings is 1. The molecule has 2 N–H and O–H groups in total. The molecular weight excluding hydrogens is 312 g/mol. The predicted octanol–water partition coefficient (Wildman–Crippen LogP) is 2.23. The van der Waals surface area contributed by atoms with E-state index in [4.69, 9.17) is 9.84 Å². The van der Waals surface area contributed by atoms with Crippen LogP contribution in [0.5, 0.6) is 0 Å². The molecule has 5 nitrogen and oxygen atoms in total. The molecule has 2 amide bonds. The maximum Gasteiger partial charge on any atom is 0.322 e. The summed E-state index contributed by atoms with van der Waals surface area (Å²) in [6.45, 7) is 3.00. The van der Waals surface area contributed by atoms with Crippen molar-refractivity contribution >= 4 is 27.6 Å². The lowest BCUT2D eigenvalue weighted by Crippen LogP contribution is -2.39. The van der Waals surface area contributed by atoms with E-state index in [1.54, 1.807) is 7.11 Å². The van der Waals surface area contributed by atoms with Gasteiger partial charge in [0.25, 0.3) is 0 Å². The van der Waals surface area contributed by atoms with Crippen molar-refractivity contribution in [3.8, 4) is 0 Å². The Labute approximate surface area is 121 Å². The number of aliphatic hydroxyl groups excluding tert-OH is 1. The number of methoxy groups -OCH3 is 1. The molecular formula is C13H19BrN2O3. The Morgan fingerprint density at radius 2 is 2.21 bits per heavy atom. The van der Waals surface area contributed by atoms with Gasteiger partial charge in [-0.2, -0.15) is 0 Å². The van der Waals surface area contributed by atoms with Crippen molar-refractivity contribution in [1.82, 2.24) is 4.90 Å². The number of halogens is 1. The number of ether oxygens (including phenoxy) is 1. The fraction of sp³-hybridized carbons (Fsp3) is 0.462. The third-order valence-corrected chi connectivity index (χ3v) is 3.59. The Balaban J connectivity index is 2.72. The third-order valence-electron chi connectivity index (χ3n) is 2.73. The first-order valence-electron chi connectivity index (χ1n) is 6.01. The Bertz CT molecular complexity index is 426. The summed E-state index contributed by atoms with van der Waals surface area (Å²) in [6.07, 6.45) is 0. The van der Waals surface area contributed by atoms with Gasteiger partial charge in [0.05, 0.1) is 13.2 Å². The van der Waals surface area contributed by atoms with Crippen molar-refractivity contribution in [1.29, 1.82) is 0 Å². The molecule has 6 heteroatoms. The molecule has 0 heterocycles. The van der Waals surface area contributed by atoms with Crippen molar-refractivity contribution in [2.24, 2.45) is 0 Å². The van der Waals surface area contributed by atoms with Crippen LogP contribution >= 0.6 is 15.9 Å². The van der Waals surface area contributed by atoms with E-state index in [1.807, 2.05) is 25.1 Å². The highest BCUT2D eigenvalue weighted by Crippen LogP contribution is 2.23. The molecule has 1 rings (SSSR count). The number of rotatable bonds is 6. The fourth-order valence-corrected chi connectivity index (χ4v) is 1.94. The van der Waals surface area contributed by atoms with Crippen LogP contribution in [-0.4, -0.2) is 49.5 Å². The van der Waals surface area contributed by atoms with Gasteiger partial charge in [-0.15, -0.1) is 0 Å². The Hall–Kier alpha value is -1.11. The lowest BCUT2D eigenvalue weighted by molar-refractivity contribution is 0.142. The van der Waals surface area contributed by atoms with Crippen LogP contribution in [0.2, 0.25) is 0 Å². The number of nitrogens with one attached hydrogen (secondary N) is 1. The van der Waals surface area contributed by atoms with E-state index in [0.717, 1.165) is 15.7 Å². The van der Waals surface area contributed by atoms with Gasteiger partial charge in [-0.3, -0.25) is 0 Å². The molecule has 0 atom stereocenters. The molecule has 106 valence electrons. The van der Waals surface area contributed by atoms with Crippen molar-refractivity contribution in [2.45, 2.75) is 6.92 Å². The first-order valence-corrected chi connectivity index (χ1v) is 6.80. The SMILES string of the molecule is COCCN(CCO)C(=O)Nc1cccc(Br)c1C. The number of hydrogen-bond acceptors (Lipinski definition) is 3. The summed E-state index contributed by atoms with van der Waals surface area (Å²) in [5, 5.41) is 11.8. The number of carbonyl (C=O) groups excluding carboxylic acids is 1. The van der Waals surface area contributed by atoms with Crippen LogP contribution in [0.1, 0.15) is 5.56 Å². The van der Waals surface area contributed by atoms with Gasteiger partial charge in [0.1, 0.15) is 0 Å². The van der Waals surface area contributed by atoms with Gasteiger partial charge in [-0.05, 0) is 24.6 Å². The second-order valence-corrected chi connectivity index (χ2v) is 4.90. The predicted molar refractivity (Wildman–Crippen MR) is 78.4 cm³/mol. The van der Waals surface area contributed by atoms with E-state index in [-0.39, 0.29) is 19.2 Å². The Morgan fingerprint density at radius 1 is 1.47 bits per heavy atom. The van der Waals surface area contributed by atoms with Crippen molar-refractivity contribution in [3.05, 3.63) is 28.2 Å². The number of nitrogens with zero attached hydrogens (tertiary/aromatic N) is 1. The zero-order valence-electron chi connectivity index (χ0n) is 11.1. The molecule has 0 aliphatic rings. The second kappa shape index (κ2) is 8.14. The molecule has 0 aromatic heterocycles. The molecule has 0 unspecified atom stereocenters. The van der Waals surface area contributed by atoms with Gasteiger partial charge >= 0.3 is 6.03 Å². The van der Waals surface area contributed by atoms with E-state index in [0.29, 0.717) is 13.2 Å². The molecule has 0 fully saturated rings. The monoisotopic (exact) mass is 330 g/mol. The lowest BCUT2D eigenvalue weighted by Gasteiger charge is -2.22. The molecule has 0 spiro atoms. The summed E-state index contributed by atoms with van der Waals surface area (Å²) in [5.74, 6) is 0. The maximum absolute atomic E-state index is 12.1. The molecule has 1 aromatic rings. The quantitative estimate of drug-likeness (QED) is 0.840. The summed E-state index contributed by atoms with van der Waals surface area (Å²) in [7, 11) is 1.58. The average molecular weight is 331 g/mol. The van der Waals surface area contributed by atoms with Gasteiger partial charge in [0.2, 0.25) is 0 Å². The second-order valence-electron chi connectivity index (χ2n) is 4.05. The molecule has 1 aromatic carbocycles. The lowest BCUT2D eigenvalue weighted by atomic mass is 10.2. The van der Waals surface area contributed by atoms with E-state index >= 15 is 0 Å². The maximum atomic E-state index is 12.1. The molecule has 0 saturated heterocycles. The molecule has 0 aliphatic carbocycles. The third kappa shape index (κ3) is 4.81. The normalized spacial score (nSPS) is 10.3. The first kappa shape index (κ1) is 15.9. The van der Waals surface area contributed by atoms with E-state index in [1.165, 1.54) is 4.90 Å². The van der Waals surface area contributed by atoms with E-state index in [9.17, 15) is 4.79 Å². The van der Waals surface area contributed by atoms with Crippen molar-refractivity contribution < 1.29 is 14.6 Å². The summed E-state index contributed by atoms with van der Waals surface area (Å²) in [6, 6.07) is 5.37. The van der Waals surface area contributed by atoms with Crippen LogP contribution in [0.4, 0.5) is 10.5 Å². The number of hydrogen-bond donors (Lipinski definition) is 2. The molecule has 0 radical (unpaired) electrons. The zero-order valence-corrected chi connectivity index (χ0v) is 12.7. The molecule has 0 saturated carbocycles. The van der Waals surface area contributed by atoms with Crippen molar-refractivity contribution in [2.75, 3.05) is 38.7 Å². The van der Waals surface area contributed by atoms with Crippen LogP contribution < -0.4 is 5.32 Å². The molecule has 0 aliphatic heterocycles. The topological polar surface area (TPSA) is 61.8 Å². The zero-order chi connectivity index (χ0) is 14.3. The average Bonchev–Trinajstić information content (AvgIpc) is 2.39. The highest BCUT2D eigenvalue weighted by Gasteiger charge is 2.14. The summed E-state index contributed by atoms with van der Waals surface area (Å²) in [5.41, 5.74) is 1.71. The number of aliphatic hydroxyl groups is 1. The largest absolute Gasteiger partial charge is 0.395 e. The molecule has 0 bridgehead atoms. The standard InChI is InChI=1S/C13H19BrN2O3/c1-10-11(14)4-3-5-12(10)15-13(18)16(6-8-17)7-9-19-2/h3-5,17H,6-9H2,1-2H3,(H,15,18). The minimum absolute atomic E-state index is 0.0748. The highest BCUT2D eigenvalue weighted by molar-refractivity contribution is 9.10. The van der Waals surface area contributed by atoms with Crippen LogP contribution in [0.25, 0.3) is 0 Å². The first-order chi connectivity index (χ1) is 9.10. The smallest absolute Gasteiger partial charge is 0.322 e. The minimum Gasteiger partial charge on any atom is -0.395 e. The number of carbonyl (C=O) groups is 1. The summed E-state index contributed by atoms with van der Waals surface area (Å²) >= 11 is 3.42. The van der Waals surface area contributed by atoms with E-state index < -0.39 is 0 Å².